The summed E-state index contributed by atoms with van der Waals surface area (Å²) < 4.78 is 5.19. The van der Waals surface area contributed by atoms with Crippen molar-refractivity contribution in [1.82, 2.24) is 15.1 Å². The number of piperazine rings is 1. The monoisotopic (exact) mass is 335 g/mol. The van der Waals surface area contributed by atoms with Crippen LogP contribution in [0.5, 0.6) is 0 Å². The van der Waals surface area contributed by atoms with Gasteiger partial charge in [0, 0.05) is 32.2 Å². The molecule has 1 saturated carbocycles. The molecule has 1 saturated heterocycles. The predicted octanol–water partition coefficient (Wildman–Crippen LogP) is 2.49. The van der Waals surface area contributed by atoms with Crippen molar-refractivity contribution in [3.8, 4) is 0 Å². The second kappa shape index (κ2) is 7.34. The number of amides is 1. The molecule has 0 spiro atoms. The van der Waals surface area contributed by atoms with Crippen molar-refractivity contribution < 1.29 is 9.21 Å². The van der Waals surface area contributed by atoms with Crippen LogP contribution < -0.4 is 5.32 Å². The Bertz CT molecular complexity index is 538. The molecule has 1 aromatic heterocycles. The molecule has 5 nitrogen and oxygen atoms in total. The first kappa shape index (κ1) is 16.3. The van der Waals surface area contributed by atoms with E-state index in [1.54, 1.807) is 12.1 Å². The van der Waals surface area contributed by atoms with Crippen LogP contribution in [0.15, 0.2) is 22.8 Å². The maximum Gasteiger partial charge on any atom is 0.289 e. The number of carbonyl (C=O) groups is 1. The third kappa shape index (κ3) is 3.86. The fourth-order valence-corrected chi connectivity index (χ4v) is 3.78. The topological polar surface area (TPSA) is 48.7 Å². The molecule has 126 valence electrons. The van der Waals surface area contributed by atoms with Gasteiger partial charge in [0.1, 0.15) is 0 Å². The van der Waals surface area contributed by atoms with Crippen LogP contribution in [-0.4, -0.2) is 53.0 Å². The molecule has 2 fully saturated rings. The Morgan fingerprint density at radius 1 is 1.22 bits per heavy atom. The third-order valence-corrected chi connectivity index (χ3v) is 5.38. The highest BCUT2D eigenvalue weighted by Gasteiger charge is 2.27. The minimum absolute atomic E-state index is 0.0329. The van der Waals surface area contributed by atoms with Gasteiger partial charge >= 0.3 is 0 Å². The molecule has 2 heterocycles. The number of carbonyl (C=O) groups excluding carboxylic acids is 1. The van der Waals surface area contributed by atoms with E-state index in [1.165, 1.54) is 31.9 Å². The zero-order valence-corrected chi connectivity index (χ0v) is 14.5. The molecule has 23 heavy (non-hydrogen) atoms. The highest BCUT2D eigenvalue weighted by Crippen LogP contribution is 2.24. The summed E-state index contributed by atoms with van der Waals surface area (Å²) in [4.78, 5) is 16.3. The van der Waals surface area contributed by atoms with Crippen LogP contribution in [0.3, 0.4) is 0 Å². The number of furan rings is 1. The van der Waals surface area contributed by atoms with Crippen LogP contribution in [0.1, 0.15) is 43.2 Å². The molecule has 3 rings (SSSR count). The Balaban J connectivity index is 1.48. The van der Waals surface area contributed by atoms with Crippen LogP contribution in [0.25, 0.3) is 0 Å². The second-order valence-electron chi connectivity index (χ2n) is 6.57. The van der Waals surface area contributed by atoms with Gasteiger partial charge < -0.3 is 19.5 Å². The van der Waals surface area contributed by atoms with E-state index in [4.69, 9.17) is 16.6 Å². The van der Waals surface area contributed by atoms with E-state index >= 15 is 0 Å². The quantitative estimate of drug-likeness (QED) is 0.842. The van der Waals surface area contributed by atoms with Crippen molar-refractivity contribution >= 4 is 23.2 Å². The lowest BCUT2D eigenvalue weighted by Gasteiger charge is -2.38. The molecule has 1 aliphatic carbocycles. The molecule has 6 heteroatoms. The first-order valence-electron chi connectivity index (χ1n) is 8.53. The second-order valence-corrected chi connectivity index (χ2v) is 6.96. The predicted molar refractivity (Wildman–Crippen MR) is 93.3 cm³/mol. The Hall–Kier alpha value is -1.56. The van der Waals surface area contributed by atoms with Gasteiger partial charge in [-0.25, -0.2) is 0 Å². The van der Waals surface area contributed by atoms with E-state index in [0.717, 1.165) is 18.2 Å². The molecule has 1 N–H and O–H groups in total. The largest absolute Gasteiger partial charge is 0.459 e. The minimum Gasteiger partial charge on any atom is -0.459 e. The molecule has 0 unspecified atom stereocenters. The lowest BCUT2D eigenvalue weighted by molar-refractivity contribution is 0.0658. The van der Waals surface area contributed by atoms with E-state index in [0.29, 0.717) is 30.8 Å². The van der Waals surface area contributed by atoms with Gasteiger partial charge in [-0.15, -0.1) is 0 Å². The number of nitrogens with zero attached hydrogens (tertiary/aromatic N) is 2. The number of nitrogens with one attached hydrogen (secondary N) is 1. The van der Waals surface area contributed by atoms with Crippen molar-refractivity contribution in [3.63, 3.8) is 0 Å². The Morgan fingerprint density at radius 2 is 1.91 bits per heavy atom. The first-order chi connectivity index (χ1) is 11.1. The first-order valence-corrected chi connectivity index (χ1v) is 8.94. The molecule has 2 aliphatic rings. The third-order valence-electron chi connectivity index (χ3n) is 5.01. The highest BCUT2D eigenvalue weighted by atomic mass is 32.1. The molecule has 1 aliphatic heterocycles. The van der Waals surface area contributed by atoms with Crippen LogP contribution >= 0.6 is 12.2 Å². The number of hydrogen-bond acceptors (Lipinski definition) is 3. The summed E-state index contributed by atoms with van der Waals surface area (Å²) >= 11 is 5.58. The Morgan fingerprint density at radius 3 is 2.57 bits per heavy atom. The molecule has 0 radical (unpaired) electrons. The molecule has 1 amide bonds. The van der Waals surface area contributed by atoms with Gasteiger partial charge in [0.2, 0.25) is 0 Å². The minimum atomic E-state index is -0.0329. The highest BCUT2D eigenvalue weighted by molar-refractivity contribution is 7.80. The number of rotatable bonds is 2. The molecule has 1 aromatic rings. The average Bonchev–Trinajstić information content (AvgIpc) is 3.11. The van der Waals surface area contributed by atoms with Crippen molar-refractivity contribution in [2.75, 3.05) is 26.2 Å². The summed E-state index contributed by atoms with van der Waals surface area (Å²) in [6.45, 7) is 5.22. The number of thiocarbonyl (C=S) groups is 1. The van der Waals surface area contributed by atoms with Gasteiger partial charge in [-0.05, 0) is 43.1 Å². The van der Waals surface area contributed by atoms with E-state index in [1.807, 2.05) is 4.90 Å². The smallest absolute Gasteiger partial charge is 0.289 e. The molecular formula is C17H25N3O2S. The Kier molecular flexibility index (Phi) is 5.20. The van der Waals surface area contributed by atoms with Gasteiger partial charge in [0.25, 0.3) is 5.91 Å². The van der Waals surface area contributed by atoms with Crippen LogP contribution in [0.2, 0.25) is 0 Å². The van der Waals surface area contributed by atoms with Crippen LogP contribution in [0.4, 0.5) is 0 Å². The fraction of sp³-hybridized carbons (Fsp3) is 0.647. The Labute approximate surface area is 143 Å². The number of hydrogen-bond donors (Lipinski definition) is 1. The zero-order valence-electron chi connectivity index (χ0n) is 13.7. The van der Waals surface area contributed by atoms with Gasteiger partial charge in [0.05, 0.1) is 6.26 Å². The zero-order chi connectivity index (χ0) is 16.2. The van der Waals surface area contributed by atoms with E-state index in [9.17, 15) is 4.79 Å². The van der Waals surface area contributed by atoms with Crippen LogP contribution in [-0.2, 0) is 0 Å². The average molecular weight is 335 g/mol. The van der Waals surface area contributed by atoms with E-state index in [-0.39, 0.29) is 5.91 Å². The van der Waals surface area contributed by atoms with Crippen molar-refractivity contribution in [2.24, 2.45) is 5.92 Å². The summed E-state index contributed by atoms with van der Waals surface area (Å²) in [6.07, 6.45) is 6.65. The normalized spacial score (nSPS) is 25.3. The van der Waals surface area contributed by atoms with E-state index < -0.39 is 0 Å². The lowest BCUT2D eigenvalue weighted by Crippen LogP contribution is -2.55. The summed E-state index contributed by atoms with van der Waals surface area (Å²) in [5.74, 6) is 1.06. The van der Waals surface area contributed by atoms with Crippen molar-refractivity contribution in [1.29, 1.82) is 0 Å². The van der Waals surface area contributed by atoms with Crippen molar-refractivity contribution in [3.05, 3.63) is 24.2 Å². The maximum atomic E-state index is 12.3. The molecule has 0 bridgehead atoms. The lowest BCUT2D eigenvalue weighted by atomic mass is 9.86. The summed E-state index contributed by atoms with van der Waals surface area (Å²) in [5, 5.41) is 4.39. The summed E-state index contributed by atoms with van der Waals surface area (Å²) in [7, 11) is 0. The van der Waals surface area contributed by atoms with E-state index in [2.05, 4.69) is 17.1 Å². The molecular weight excluding hydrogens is 310 g/mol. The maximum absolute atomic E-state index is 12.3. The molecule has 0 aromatic carbocycles. The SMILES string of the molecule is C[C@@H]1CCCC[C@@H]1NC(=S)N1CCN(C(=O)c2ccco2)CC1. The van der Waals surface area contributed by atoms with Gasteiger partial charge in [-0.1, -0.05) is 19.8 Å². The summed E-state index contributed by atoms with van der Waals surface area (Å²) in [6, 6.07) is 3.96. The van der Waals surface area contributed by atoms with Crippen LogP contribution in [0, 0.1) is 5.92 Å². The van der Waals surface area contributed by atoms with Gasteiger partial charge in [-0.3, -0.25) is 4.79 Å². The standard InChI is InChI=1S/C17H25N3O2S/c1-13-5-2-3-6-14(13)18-17(23)20-10-8-19(9-11-20)16(21)15-7-4-12-22-15/h4,7,12-14H,2-3,5-6,8-11H2,1H3,(H,18,23)/t13-,14+/m1/s1. The van der Waals surface area contributed by atoms with Gasteiger partial charge in [-0.2, -0.15) is 0 Å². The van der Waals surface area contributed by atoms with Gasteiger partial charge in [0.15, 0.2) is 10.9 Å². The van der Waals surface area contributed by atoms with Crippen molar-refractivity contribution in [2.45, 2.75) is 38.6 Å². The fourth-order valence-electron chi connectivity index (χ4n) is 3.45. The summed E-state index contributed by atoms with van der Waals surface area (Å²) in [5.41, 5.74) is 0. The molecule has 2 atom stereocenters.